The lowest BCUT2D eigenvalue weighted by atomic mass is 10.1. The van der Waals surface area contributed by atoms with E-state index in [9.17, 15) is 8.42 Å². The second kappa shape index (κ2) is 9.07. The molecule has 1 N–H and O–H groups in total. The minimum atomic E-state index is -4.38. The molecule has 1 aromatic heterocycles. The van der Waals surface area contributed by atoms with Crippen LogP contribution in [0.4, 0.5) is 17.3 Å². The highest BCUT2D eigenvalue weighted by atomic mass is 32.3. The number of hydrogen-bond acceptors (Lipinski definition) is 6. The first-order valence-corrected chi connectivity index (χ1v) is 9.98. The van der Waals surface area contributed by atoms with E-state index < -0.39 is 10.4 Å². The average Bonchev–Trinajstić information content (AvgIpc) is 2.91. The maximum Gasteiger partial charge on any atom is 0.421 e. The van der Waals surface area contributed by atoms with E-state index in [1.807, 2.05) is 67.7 Å². The van der Waals surface area contributed by atoms with E-state index in [4.69, 9.17) is 4.55 Å². The topological polar surface area (TPSA) is 100 Å². The quantitative estimate of drug-likeness (QED) is 0.304. The molecule has 10 heteroatoms. The van der Waals surface area contributed by atoms with Crippen molar-refractivity contribution in [1.82, 2.24) is 4.57 Å². The van der Waals surface area contributed by atoms with Gasteiger partial charge in [0, 0.05) is 23.9 Å². The summed E-state index contributed by atoms with van der Waals surface area (Å²) < 4.78 is 37.9. The molecule has 0 radical (unpaired) electrons. The van der Waals surface area contributed by atoms with Crippen LogP contribution in [0.2, 0.25) is 0 Å². The fourth-order valence-electron chi connectivity index (χ4n) is 2.66. The third-order valence-corrected chi connectivity index (χ3v) is 4.59. The van der Waals surface area contributed by atoms with E-state index in [-0.39, 0.29) is 6.61 Å². The normalized spacial score (nSPS) is 12.0. The molecule has 0 bridgehead atoms. The van der Waals surface area contributed by atoms with E-state index in [1.54, 1.807) is 0 Å². The van der Waals surface area contributed by atoms with E-state index in [1.165, 1.54) is 0 Å². The monoisotopic (exact) mass is 396 g/mol. The summed E-state index contributed by atoms with van der Waals surface area (Å²) in [7, 11) is -0.558. The fraction of sp³-hybridized carbons (Fsp3) is 0.471. The van der Waals surface area contributed by atoms with Gasteiger partial charge in [0.05, 0.1) is 33.1 Å². The molecular formula is C17H26N5O4S+. The molecule has 9 nitrogen and oxygen atoms in total. The summed E-state index contributed by atoms with van der Waals surface area (Å²) in [6.45, 7) is 5.28. The molecule has 2 rings (SSSR count). The van der Waals surface area contributed by atoms with Gasteiger partial charge in [-0.3, -0.25) is 4.55 Å². The number of aromatic nitrogens is 2. The number of nitrogens with zero attached hydrogens (tertiary/aromatic N) is 5. The van der Waals surface area contributed by atoms with Crippen LogP contribution in [-0.4, -0.2) is 37.2 Å². The maximum atomic E-state index is 10.6. The first-order valence-electron chi connectivity index (χ1n) is 8.61. The van der Waals surface area contributed by atoms with E-state index in [2.05, 4.69) is 19.3 Å². The zero-order chi connectivity index (χ0) is 20.0. The fourth-order valence-corrected chi connectivity index (χ4v) is 2.99. The number of benzene rings is 1. The first kappa shape index (κ1) is 21.0. The van der Waals surface area contributed by atoms with Crippen molar-refractivity contribution in [3.05, 3.63) is 36.2 Å². The molecule has 0 aliphatic rings. The van der Waals surface area contributed by atoms with Gasteiger partial charge < -0.3 is 4.90 Å². The summed E-state index contributed by atoms with van der Waals surface area (Å²) in [5, 5.41) is 8.66. The summed E-state index contributed by atoms with van der Waals surface area (Å²) in [4.78, 5) is 2.10. The van der Waals surface area contributed by atoms with Gasteiger partial charge in [0.2, 0.25) is 0 Å². The maximum absolute atomic E-state index is 10.6. The highest BCUT2D eigenvalue weighted by Gasteiger charge is 2.12. The van der Waals surface area contributed by atoms with Gasteiger partial charge in [0.25, 0.3) is 0 Å². The Kier molecular flexibility index (Phi) is 7.05. The van der Waals surface area contributed by atoms with Gasteiger partial charge in [0.1, 0.15) is 5.69 Å². The standard InChI is InChI=1S/C17H25N5O4S/c1-5-22(9-6-12-26-27(23,24)25)15-7-8-16(14(2)13-15)18-19-17-20(3)10-11-21(17)4/h7-8,10-11,13H,5-6,9,12H2,1-4H3/p+1. The Morgan fingerprint density at radius 2 is 2.07 bits per heavy atom. The SMILES string of the molecule is CCN(CCCOS(=O)(=O)O)c1ccc(N=Nc2n(C)cc[n+]2C)c(C)c1. The zero-order valence-corrected chi connectivity index (χ0v) is 16.8. The Labute approximate surface area is 159 Å². The Bertz CT molecular complexity index is 889. The number of aryl methyl sites for hydroxylation is 3. The first-order chi connectivity index (χ1) is 12.7. The Balaban J connectivity index is 2.05. The summed E-state index contributed by atoms with van der Waals surface area (Å²) >= 11 is 0. The van der Waals surface area contributed by atoms with Crippen LogP contribution in [-0.2, 0) is 28.7 Å². The number of hydrogen-bond donors (Lipinski definition) is 1. The van der Waals surface area contributed by atoms with Crippen LogP contribution >= 0.6 is 0 Å². The van der Waals surface area contributed by atoms with Crippen LogP contribution in [0.1, 0.15) is 18.9 Å². The third-order valence-electron chi connectivity index (χ3n) is 4.12. The van der Waals surface area contributed by atoms with Gasteiger partial charge in [-0.15, -0.1) is 0 Å². The van der Waals surface area contributed by atoms with E-state index >= 15 is 0 Å². The molecule has 0 spiro atoms. The summed E-state index contributed by atoms with van der Waals surface area (Å²) in [5.41, 5.74) is 2.77. The predicted molar refractivity (Wildman–Crippen MR) is 102 cm³/mol. The smallest absolute Gasteiger partial charge is 0.372 e. The van der Waals surface area contributed by atoms with Crippen LogP contribution in [0, 0.1) is 6.92 Å². The molecule has 0 aliphatic heterocycles. The molecule has 0 saturated carbocycles. The number of imidazole rings is 1. The molecule has 0 fully saturated rings. The molecule has 0 amide bonds. The third kappa shape index (κ3) is 6.12. The molecule has 2 aromatic rings. The van der Waals surface area contributed by atoms with Gasteiger partial charge in [-0.1, -0.05) is 5.11 Å². The van der Waals surface area contributed by atoms with Gasteiger partial charge in [-0.05, 0) is 44.0 Å². The molecule has 0 saturated heterocycles. The predicted octanol–water partition coefficient (Wildman–Crippen LogP) is 2.61. The molecule has 0 aliphatic carbocycles. The highest BCUT2D eigenvalue weighted by Crippen LogP contribution is 2.26. The van der Waals surface area contributed by atoms with Crippen molar-refractivity contribution in [3.8, 4) is 0 Å². The molecule has 148 valence electrons. The Morgan fingerprint density at radius 1 is 1.33 bits per heavy atom. The molecule has 1 heterocycles. The van der Waals surface area contributed by atoms with Crippen molar-refractivity contribution in [3.63, 3.8) is 0 Å². The second-order valence-electron chi connectivity index (χ2n) is 6.17. The molecular weight excluding hydrogens is 370 g/mol. The van der Waals surface area contributed by atoms with E-state index in [0.29, 0.717) is 13.0 Å². The van der Waals surface area contributed by atoms with Crippen molar-refractivity contribution in [1.29, 1.82) is 0 Å². The van der Waals surface area contributed by atoms with Crippen LogP contribution in [0.15, 0.2) is 40.8 Å². The average molecular weight is 396 g/mol. The van der Waals surface area contributed by atoms with Crippen LogP contribution in [0.25, 0.3) is 0 Å². The number of anilines is 1. The number of rotatable bonds is 9. The largest absolute Gasteiger partial charge is 0.421 e. The summed E-state index contributed by atoms with van der Waals surface area (Å²) in [5.74, 6) is 0.743. The lowest BCUT2D eigenvalue weighted by Gasteiger charge is -2.23. The number of azo groups is 1. The lowest BCUT2D eigenvalue weighted by Crippen LogP contribution is -2.25. The van der Waals surface area contributed by atoms with Crippen molar-refractivity contribution in [2.45, 2.75) is 20.3 Å². The van der Waals surface area contributed by atoms with Gasteiger partial charge in [0.15, 0.2) is 0 Å². The van der Waals surface area contributed by atoms with Gasteiger partial charge >= 0.3 is 16.3 Å². The van der Waals surface area contributed by atoms with Crippen LogP contribution in [0.5, 0.6) is 0 Å². The minimum Gasteiger partial charge on any atom is -0.372 e. The van der Waals surface area contributed by atoms with Crippen LogP contribution < -0.4 is 9.47 Å². The van der Waals surface area contributed by atoms with Crippen molar-refractivity contribution in [2.24, 2.45) is 24.3 Å². The second-order valence-corrected chi connectivity index (χ2v) is 7.26. The Morgan fingerprint density at radius 3 is 2.63 bits per heavy atom. The Hall–Kier alpha value is -2.30. The molecule has 27 heavy (non-hydrogen) atoms. The van der Waals surface area contributed by atoms with Gasteiger partial charge in [-0.2, -0.15) is 8.42 Å². The molecule has 0 unspecified atom stereocenters. The van der Waals surface area contributed by atoms with Crippen molar-refractivity contribution in [2.75, 3.05) is 24.6 Å². The highest BCUT2D eigenvalue weighted by molar-refractivity contribution is 7.80. The van der Waals surface area contributed by atoms with Crippen LogP contribution in [0.3, 0.4) is 0 Å². The molecule has 1 aromatic carbocycles. The zero-order valence-electron chi connectivity index (χ0n) is 16.0. The summed E-state index contributed by atoms with van der Waals surface area (Å²) in [6, 6.07) is 5.89. The van der Waals surface area contributed by atoms with Crippen molar-refractivity contribution < 1.29 is 21.7 Å². The molecule has 0 atom stereocenters. The van der Waals surface area contributed by atoms with Crippen molar-refractivity contribution >= 4 is 27.7 Å². The van der Waals surface area contributed by atoms with Gasteiger partial charge in [-0.25, -0.2) is 13.3 Å². The lowest BCUT2D eigenvalue weighted by molar-refractivity contribution is -0.657. The summed E-state index contributed by atoms with van der Waals surface area (Å²) in [6.07, 6.45) is 4.29. The minimum absolute atomic E-state index is 0.0612. The van der Waals surface area contributed by atoms with E-state index in [0.717, 1.165) is 29.4 Å².